The number of anilines is 3. The molecule has 0 aliphatic carbocycles. The van der Waals surface area contributed by atoms with E-state index < -0.39 is 5.91 Å². The zero-order valence-electron chi connectivity index (χ0n) is 15.0. The summed E-state index contributed by atoms with van der Waals surface area (Å²) >= 11 is 6.08. The lowest BCUT2D eigenvalue weighted by Crippen LogP contribution is -2.43. The lowest BCUT2D eigenvalue weighted by Gasteiger charge is -2.32. The fourth-order valence-corrected chi connectivity index (χ4v) is 3.40. The van der Waals surface area contributed by atoms with Gasteiger partial charge in [0.1, 0.15) is 5.82 Å². The molecule has 3 aromatic rings. The maximum atomic E-state index is 13.2. The van der Waals surface area contributed by atoms with Crippen molar-refractivity contribution in [3.05, 3.63) is 65.1 Å². The minimum Gasteiger partial charge on any atom is -0.383 e. The largest absolute Gasteiger partial charge is 0.383 e. The molecule has 142 valence electrons. The Bertz CT molecular complexity index is 1080. The third-order valence-electron chi connectivity index (χ3n) is 4.56. The van der Waals surface area contributed by atoms with Crippen LogP contribution in [-0.2, 0) is 0 Å². The summed E-state index contributed by atoms with van der Waals surface area (Å²) in [5, 5.41) is 7.55. The van der Waals surface area contributed by atoms with Crippen LogP contribution in [0.2, 0.25) is 5.02 Å². The number of nitrogens with zero attached hydrogens (tertiary/aromatic N) is 4. The van der Waals surface area contributed by atoms with Crippen molar-refractivity contribution in [1.82, 2.24) is 14.8 Å². The monoisotopic (exact) mass is 396 g/mol. The van der Waals surface area contributed by atoms with Crippen molar-refractivity contribution in [3.63, 3.8) is 0 Å². The molecule has 0 spiro atoms. The maximum absolute atomic E-state index is 13.2. The Morgan fingerprint density at radius 3 is 2.89 bits per heavy atom. The summed E-state index contributed by atoms with van der Waals surface area (Å²) in [4.78, 5) is 31.3. The average Bonchev–Trinajstić information content (AvgIpc) is 3.09. The molecule has 2 aromatic heterocycles. The van der Waals surface area contributed by atoms with Crippen LogP contribution >= 0.6 is 11.6 Å². The van der Waals surface area contributed by atoms with Crippen molar-refractivity contribution in [2.45, 2.75) is 13.0 Å². The standard InChI is InChI=1S/C19H17ClN6O2/c1-11-10-25(13-5-2-4-12(20)8-13)19(28)16-15(9-23-26(11)16)24-18(27)14-6-3-7-22-17(14)21/h2-9,11H,10H2,1H3,(H2,21,22)(H,24,27)/t11-/m0/s1. The highest BCUT2D eigenvalue weighted by Gasteiger charge is 2.34. The van der Waals surface area contributed by atoms with Crippen LogP contribution in [0.1, 0.15) is 33.8 Å². The van der Waals surface area contributed by atoms with Gasteiger partial charge in [0.15, 0.2) is 5.69 Å². The van der Waals surface area contributed by atoms with Crippen LogP contribution in [-0.4, -0.2) is 33.1 Å². The van der Waals surface area contributed by atoms with Crippen LogP contribution in [0, 0.1) is 0 Å². The highest BCUT2D eigenvalue weighted by atomic mass is 35.5. The van der Waals surface area contributed by atoms with Gasteiger partial charge in [-0.2, -0.15) is 5.10 Å². The molecule has 28 heavy (non-hydrogen) atoms. The molecule has 0 bridgehead atoms. The average molecular weight is 397 g/mol. The molecule has 0 saturated heterocycles. The zero-order chi connectivity index (χ0) is 19.8. The second kappa shape index (κ2) is 6.97. The molecule has 2 amide bonds. The van der Waals surface area contributed by atoms with E-state index in [4.69, 9.17) is 17.3 Å². The predicted molar refractivity (Wildman–Crippen MR) is 107 cm³/mol. The van der Waals surface area contributed by atoms with Crippen LogP contribution in [0.4, 0.5) is 17.2 Å². The van der Waals surface area contributed by atoms with E-state index in [-0.39, 0.29) is 23.3 Å². The molecule has 3 heterocycles. The molecule has 1 aromatic carbocycles. The molecule has 3 N–H and O–H groups in total. The van der Waals surface area contributed by atoms with Gasteiger partial charge in [0.2, 0.25) is 0 Å². The Morgan fingerprint density at radius 2 is 2.14 bits per heavy atom. The van der Waals surface area contributed by atoms with E-state index in [1.54, 1.807) is 39.9 Å². The number of nitrogens with one attached hydrogen (secondary N) is 1. The molecular formula is C19H17ClN6O2. The Labute approximate surface area is 165 Å². The van der Waals surface area contributed by atoms with Crippen LogP contribution in [0.15, 0.2) is 48.8 Å². The van der Waals surface area contributed by atoms with Crippen molar-refractivity contribution >= 4 is 40.6 Å². The third kappa shape index (κ3) is 3.07. The SMILES string of the molecule is C[C@H]1CN(c2cccc(Cl)c2)C(=O)c2c(NC(=O)c3cccnc3N)cnn21. The molecule has 0 fully saturated rings. The molecule has 1 atom stereocenters. The lowest BCUT2D eigenvalue weighted by molar-refractivity contribution is 0.0954. The minimum atomic E-state index is -0.457. The summed E-state index contributed by atoms with van der Waals surface area (Å²) in [5.41, 5.74) is 7.30. The van der Waals surface area contributed by atoms with E-state index in [2.05, 4.69) is 15.4 Å². The molecule has 1 aliphatic rings. The van der Waals surface area contributed by atoms with E-state index in [1.807, 2.05) is 13.0 Å². The van der Waals surface area contributed by atoms with Gasteiger partial charge in [0.05, 0.1) is 23.5 Å². The maximum Gasteiger partial charge on any atom is 0.278 e. The summed E-state index contributed by atoms with van der Waals surface area (Å²) in [7, 11) is 0. The van der Waals surface area contributed by atoms with Gasteiger partial charge in [0, 0.05) is 23.5 Å². The predicted octanol–water partition coefficient (Wildman–Crippen LogP) is 2.99. The normalized spacial score (nSPS) is 16.0. The van der Waals surface area contributed by atoms with Crippen molar-refractivity contribution in [1.29, 1.82) is 0 Å². The number of halogens is 1. The Kier molecular flexibility index (Phi) is 4.48. The molecule has 8 nitrogen and oxygen atoms in total. The number of nitrogens with two attached hydrogens (primary N) is 1. The van der Waals surface area contributed by atoms with Crippen LogP contribution in [0.25, 0.3) is 0 Å². The number of carbonyl (C=O) groups is 2. The zero-order valence-corrected chi connectivity index (χ0v) is 15.7. The van der Waals surface area contributed by atoms with Crippen molar-refractivity contribution < 1.29 is 9.59 Å². The molecule has 9 heteroatoms. The highest BCUT2D eigenvalue weighted by Crippen LogP contribution is 2.31. The molecule has 0 radical (unpaired) electrons. The number of hydrogen-bond acceptors (Lipinski definition) is 5. The van der Waals surface area contributed by atoms with E-state index in [9.17, 15) is 9.59 Å². The van der Waals surface area contributed by atoms with Gasteiger partial charge in [-0.3, -0.25) is 14.3 Å². The topological polar surface area (TPSA) is 106 Å². The van der Waals surface area contributed by atoms with Crippen molar-refractivity contribution in [3.8, 4) is 0 Å². The molecule has 0 unspecified atom stereocenters. The van der Waals surface area contributed by atoms with Crippen LogP contribution < -0.4 is 16.0 Å². The Morgan fingerprint density at radius 1 is 1.32 bits per heavy atom. The first-order valence-corrected chi connectivity index (χ1v) is 9.00. The Balaban J connectivity index is 1.68. The number of amides is 2. The van der Waals surface area contributed by atoms with Gasteiger partial charge in [-0.25, -0.2) is 4.98 Å². The summed E-state index contributed by atoms with van der Waals surface area (Å²) < 4.78 is 1.62. The number of pyridine rings is 1. The van der Waals surface area contributed by atoms with Gasteiger partial charge in [-0.15, -0.1) is 0 Å². The first-order valence-electron chi connectivity index (χ1n) is 8.62. The molecule has 1 aliphatic heterocycles. The number of hydrogen-bond donors (Lipinski definition) is 2. The van der Waals surface area contributed by atoms with E-state index >= 15 is 0 Å². The summed E-state index contributed by atoms with van der Waals surface area (Å²) in [5.74, 6) is -0.615. The number of rotatable bonds is 3. The van der Waals surface area contributed by atoms with Gasteiger partial charge >= 0.3 is 0 Å². The minimum absolute atomic E-state index is 0.0826. The molecule has 0 saturated carbocycles. The lowest BCUT2D eigenvalue weighted by atomic mass is 10.1. The number of carbonyl (C=O) groups excluding carboxylic acids is 2. The first-order chi connectivity index (χ1) is 13.5. The number of fused-ring (bicyclic) bond motifs is 1. The van der Waals surface area contributed by atoms with Gasteiger partial charge in [0.25, 0.3) is 11.8 Å². The summed E-state index contributed by atoms with van der Waals surface area (Å²) in [6.07, 6.45) is 2.97. The third-order valence-corrected chi connectivity index (χ3v) is 4.79. The van der Waals surface area contributed by atoms with E-state index in [0.717, 1.165) is 0 Å². The highest BCUT2D eigenvalue weighted by molar-refractivity contribution is 6.31. The summed E-state index contributed by atoms with van der Waals surface area (Å²) in [6, 6.07) is 10.2. The Hall–Kier alpha value is -3.39. The number of aromatic nitrogens is 3. The van der Waals surface area contributed by atoms with E-state index in [0.29, 0.717) is 28.6 Å². The summed E-state index contributed by atoms with van der Waals surface area (Å²) in [6.45, 7) is 2.39. The van der Waals surface area contributed by atoms with Crippen molar-refractivity contribution in [2.24, 2.45) is 0 Å². The first kappa shape index (κ1) is 18.0. The second-order valence-electron chi connectivity index (χ2n) is 6.49. The van der Waals surface area contributed by atoms with Crippen LogP contribution in [0.5, 0.6) is 0 Å². The molecular weight excluding hydrogens is 380 g/mol. The smallest absolute Gasteiger partial charge is 0.278 e. The fraction of sp³-hybridized carbons (Fsp3) is 0.158. The van der Waals surface area contributed by atoms with Crippen LogP contribution in [0.3, 0.4) is 0 Å². The van der Waals surface area contributed by atoms with Crippen molar-refractivity contribution in [2.75, 3.05) is 22.5 Å². The number of benzene rings is 1. The van der Waals surface area contributed by atoms with Gasteiger partial charge in [-0.1, -0.05) is 17.7 Å². The van der Waals surface area contributed by atoms with Gasteiger partial charge < -0.3 is 16.0 Å². The number of nitrogen functional groups attached to an aromatic ring is 1. The van der Waals surface area contributed by atoms with Gasteiger partial charge in [-0.05, 0) is 37.3 Å². The second-order valence-corrected chi connectivity index (χ2v) is 6.92. The fourth-order valence-electron chi connectivity index (χ4n) is 3.22. The van der Waals surface area contributed by atoms with E-state index in [1.165, 1.54) is 12.4 Å². The quantitative estimate of drug-likeness (QED) is 0.707. The molecule has 4 rings (SSSR count).